The number of aliphatic carboxylic acids is 1. The van der Waals surface area contributed by atoms with E-state index >= 15 is 0 Å². The van der Waals surface area contributed by atoms with Crippen molar-refractivity contribution in [1.29, 1.82) is 0 Å². The zero-order valence-corrected chi connectivity index (χ0v) is 18.7. The van der Waals surface area contributed by atoms with Crippen LogP contribution < -0.4 is 9.47 Å². The lowest BCUT2D eigenvalue weighted by Gasteiger charge is -2.33. The third-order valence-electron chi connectivity index (χ3n) is 5.60. The van der Waals surface area contributed by atoms with E-state index in [1.54, 1.807) is 24.3 Å². The number of carbonyl (C=O) groups is 1. The maximum absolute atomic E-state index is 11.0. The van der Waals surface area contributed by atoms with E-state index < -0.39 is 5.97 Å². The number of benzene rings is 2. The summed E-state index contributed by atoms with van der Waals surface area (Å²) in [4.78, 5) is 24.0. The van der Waals surface area contributed by atoms with E-state index in [0.29, 0.717) is 40.7 Å². The van der Waals surface area contributed by atoms with Gasteiger partial charge in [-0.15, -0.1) is 0 Å². The van der Waals surface area contributed by atoms with Crippen molar-refractivity contribution in [3.8, 4) is 29.0 Å². The van der Waals surface area contributed by atoms with Crippen LogP contribution in [0.1, 0.15) is 24.0 Å². The Kier molecular flexibility index (Phi) is 5.38. The second-order valence-corrected chi connectivity index (χ2v) is 8.49. The Balaban J connectivity index is 1.37. The molecule has 5 rings (SSSR count). The summed E-state index contributed by atoms with van der Waals surface area (Å²) in [7, 11) is 0. The lowest BCUT2D eigenvalue weighted by molar-refractivity contribution is -0.147. The highest BCUT2D eigenvalue weighted by atomic mass is 35.5. The molecule has 1 N–H and O–H groups in total. The van der Waals surface area contributed by atoms with Crippen LogP contribution in [0.25, 0.3) is 22.7 Å². The first kappa shape index (κ1) is 21.2. The largest absolute Gasteiger partial charge is 0.490 e. The fourth-order valence-corrected chi connectivity index (χ4v) is 3.98. The lowest BCUT2D eigenvalue weighted by Crippen LogP contribution is -2.38. The molecule has 33 heavy (non-hydrogen) atoms. The molecule has 2 aromatic carbocycles. The van der Waals surface area contributed by atoms with E-state index in [1.807, 2.05) is 26.0 Å². The van der Waals surface area contributed by atoms with Crippen molar-refractivity contribution in [3.05, 3.63) is 58.7 Å². The average Bonchev–Trinajstić information content (AvgIpc) is 3.16. The molecule has 1 saturated carbocycles. The Morgan fingerprint density at radius 1 is 1.15 bits per heavy atom. The van der Waals surface area contributed by atoms with Crippen molar-refractivity contribution in [2.75, 3.05) is 0 Å². The number of carboxylic acids is 1. The summed E-state index contributed by atoms with van der Waals surface area (Å²) in [6.07, 6.45) is 2.51. The molecule has 0 aliphatic heterocycles. The van der Waals surface area contributed by atoms with Crippen LogP contribution in [0.2, 0.25) is 5.02 Å². The first-order chi connectivity index (χ1) is 15.9. The summed E-state index contributed by atoms with van der Waals surface area (Å²) in [6, 6.07) is 11.0. The lowest BCUT2D eigenvalue weighted by atomic mass is 9.82. The number of carboxylic acid groups (broad SMARTS) is 1. The standard InChI is InChI=1S/C24H20ClN3O5/c1-12-7-14(8-13(2)20(12)31-16-9-15(10-16)23(29)30)21-27-18-11-26-24(28-22(18)33-21)32-19-6-4-3-5-17(19)25/h3-8,11,15-16H,9-10H2,1-2H3,(H,29,30). The van der Waals surface area contributed by atoms with Crippen LogP contribution in [0.5, 0.6) is 17.5 Å². The van der Waals surface area contributed by atoms with Gasteiger partial charge in [0.2, 0.25) is 5.89 Å². The fraction of sp³-hybridized carbons (Fsp3) is 0.250. The van der Waals surface area contributed by atoms with Gasteiger partial charge < -0.3 is 19.0 Å². The number of hydrogen-bond donors (Lipinski definition) is 1. The Hall–Kier alpha value is -3.65. The van der Waals surface area contributed by atoms with Crippen LogP contribution in [0.4, 0.5) is 0 Å². The third kappa shape index (κ3) is 4.21. The van der Waals surface area contributed by atoms with Crippen molar-refractivity contribution in [3.63, 3.8) is 0 Å². The zero-order chi connectivity index (χ0) is 23.1. The van der Waals surface area contributed by atoms with Crippen molar-refractivity contribution in [1.82, 2.24) is 15.0 Å². The number of hydrogen-bond acceptors (Lipinski definition) is 7. The third-order valence-corrected chi connectivity index (χ3v) is 5.91. The van der Waals surface area contributed by atoms with Gasteiger partial charge in [-0.25, -0.2) is 9.97 Å². The van der Waals surface area contributed by atoms with Gasteiger partial charge in [0, 0.05) is 5.56 Å². The van der Waals surface area contributed by atoms with Crippen LogP contribution in [-0.2, 0) is 4.79 Å². The van der Waals surface area contributed by atoms with Gasteiger partial charge >= 0.3 is 12.0 Å². The van der Waals surface area contributed by atoms with E-state index in [0.717, 1.165) is 22.4 Å². The van der Waals surface area contributed by atoms with Gasteiger partial charge in [-0.1, -0.05) is 23.7 Å². The van der Waals surface area contributed by atoms with Gasteiger partial charge in [0.1, 0.15) is 23.1 Å². The molecule has 0 bridgehead atoms. The molecular weight excluding hydrogens is 446 g/mol. The van der Waals surface area contributed by atoms with E-state index in [1.165, 1.54) is 6.20 Å². The Bertz CT molecular complexity index is 1340. The molecule has 0 spiro atoms. The van der Waals surface area contributed by atoms with Gasteiger partial charge in [-0.3, -0.25) is 4.79 Å². The van der Waals surface area contributed by atoms with Crippen molar-refractivity contribution in [2.24, 2.45) is 5.92 Å². The quantitative estimate of drug-likeness (QED) is 0.392. The van der Waals surface area contributed by atoms with Crippen molar-refractivity contribution in [2.45, 2.75) is 32.8 Å². The minimum atomic E-state index is -0.766. The highest BCUT2D eigenvalue weighted by molar-refractivity contribution is 6.32. The maximum Gasteiger partial charge on any atom is 0.325 e. The van der Waals surface area contributed by atoms with Crippen LogP contribution in [-0.4, -0.2) is 32.1 Å². The number of oxazole rings is 1. The molecule has 1 aliphatic carbocycles. The number of aryl methyl sites for hydroxylation is 2. The zero-order valence-electron chi connectivity index (χ0n) is 17.9. The summed E-state index contributed by atoms with van der Waals surface area (Å²) in [5.41, 5.74) is 3.41. The molecule has 1 fully saturated rings. The Morgan fingerprint density at radius 2 is 1.88 bits per heavy atom. The van der Waals surface area contributed by atoms with Crippen LogP contribution in [0.15, 0.2) is 47.0 Å². The smallest absolute Gasteiger partial charge is 0.325 e. The molecule has 9 heteroatoms. The molecule has 0 saturated heterocycles. The molecule has 8 nitrogen and oxygen atoms in total. The average molecular weight is 466 g/mol. The molecule has 2 aromatic heterocycles. The van der Waals surface area contributed by atoms with Crippen molar-refractivity contribution >= 4 is 28.8 Å². The van der Waals surface area contributed by atoms with Gasteiger partial charge in [-0.05, 0) is 62.1 Å². The van der Waals surface area contributed by atoms with Crippen LogP contribution >= 0.6 is 11.6 Å². The summed E-state index contributed by atoms with van der Waals surface area (Å²) in [6.45, 7) is 3.88. The predicted octanol–water partition coefficient (Wildman–Crippen LogP) is 5.59. The van der Waals surface area contributed by atoms with Crippen LogP contribution in [0.3, 0.4) is 0 Å². The number of nitrogens with zero attached hydrogens (tertiary/aromatic N) is 3. The van der Waals surface area contributed by atoms with Gasteiger partial charge in [0.15, 0.2) is 0 Å². The number of ether oxygens (including phenoxy) is 2. The SMILES string of the molecule is Cc1cc(-c2nc3cnc(Oc4ccccc4Cl)nc3o2)cc(C)c1OC1CC(C(=O)O)C1. The molecule has 1 aliphatic rings. The number of para-hydroxylation sites is 1. The highest BCUT2D eigenvalue weighted by Crippen LogP contribution is 2.36. The van der Waals surface area contributed by atoms with E-state index in [2.05, 4.69) is 15.0 Å². The second kappa shape index (κ2) is 8.37. The molecular formula is C24H20ClN3O5. The maximum atomic E-state index is 11.0. The fourth-order valence-electron chi connectivity index (χ4n) is 3.81. The number of fused-ring (bicyclic) bond motifs is 1. The topological polar surface area (TPSA) is 108 Å². The first-order valence-corrected chi connectivity index (χ1v) is 10.8. The number of aromatic nitrogens is 3. The molecule has 2 heterocycles. The van der Waals surface area contributed by atoms with E-state index in [-0.39, 0.29) is 18.0 Å². The highest BCUT2D eigenvalue weighted by Gasteiger charge is 2.36. The first-order valence-electron chi connectivity index (χ1n) is 10.4. The van der Waals surface area contributed by atoms with E-state index in [9.17, 15) is 4.79 Å². The summed E-state index contributed by atoms with van der Waals surface area (Å²) >= 11 is 6.13. The number of rotatable bonds is 6. The molecule has 0 amide bonds. The normalized spacial score (nSPS) is 17.5. The van der Waals surface area contributed by atoms with E-state index in [4.69, 9.17) is 30.6 Å². The number of halogens is 1. The van der Waals surface area contributed by atoms with Crippen LogP contribution in [0, 0.1) is 19.8 Å². The second-order valence-electron chi connectivity index (χ2n) is 8.08. The van der Waals surface area contributed by atoms with Gasteiger partial charge in [0.05, 0.1) is 17.1 Å². The van der Waals surface area contributed by atoms with Crippen molar-refractivity contribution < 1.29 is 23.8 Å². The minimum absolute atomic E-state index is 0.0783. The summed E-state index contributed by atoms with van der Waals surface area (Å²) in [5, 5.41) is 9.51. The summed E-state index contributed by atoms with van der Waals surface area (Å²) < 4.78 is 17.6. The molecule has 4 aromatic rings. The predicted molar refractivity (Wildman–Crippen MR) is 121 cm³/mol. The molecule has 0 unspecified atom stereocenters. The molecule has 0 atom stereocenters. The molecule has 168 valence electrons. The summed E-state index contributed by atoms with van der Waals surface area (Å²) in [5.74, 6) is 0.530. The molecule has 0 radical (unpaired) electrons. The Morgan fingerprint density at radius 3 is 2.58 bits per heavy atom. The monoisotopic (exact) mass is 465 g/mol. The minimum Gasteiger partial charge on any atom is -0.490 e. The Labute approximate surface area is 194 Å². The van der Waals surface area contributed by atoms with Gasteiger partial charge in [0.25, 0.3) is 5.71 Å². The van der Waals surface area contributed by atoms with Gasteiger partial charge in [-0.2, -0.15) is 4.98 Å².